The molecule has 0 aliphatic heterocycles. The standard InChI is InChI=1S/C25H26N2O6/c1-2-11-32-23(30)26-14-16-12-25(13-16,22(28)29)27-24(31)33-15-21-19-9-5-3-7-17(19)18-8-4-6-10-20(18)21/h2-10,16,21H,1,11-15H2,(H,26,30)(H,27,31)(H,28,29). The molecule has 8 nitrogen and oxygen atoms in total. The first-order valence-electron chi connectivity index (χ1n) is 10.8. The molecule has 0 unspecified atom stereocenters. The van der Waals surface area contributed by atoms with Crippen LogP contribution in [0.1, 0.15) is 29.9 Å². The van der Waals surface area contributed by atoms with Gasteiger partial charge < -0.3 is 25.2 Å². The zero-order valence-electron chi connectivity index (χ0n) is 18.1. The Morgan fingerprint density at radius 3 is 2.18 bits per heavy atom. The lowest BCUT2D eigenvalue weighted by Crippen LogP contribution is -2.64. The fourth-order valence-corrected chi connectivity index (χ4v) is 4.64. The van der Waals surface area contributed by atoms with Crippen LogP contribution < -0.4 is 10.6 Å². The van der Waals surface area contributed by atoms with Crippen LogP contribution in [0.25, 0.3) is 11.1 Å². The number of rotatable bonds is 8. The molecule has 2 aliphatic carbocycles. The molecule has 172 valence electrons. The molecule has 1 fully saturated rings. The molecule has 0 saturated heterocycles. The number of carboxylic acids is 1. The first-order valence-corrected chi connectivity index (χ1v) is 10.8. The molecule has 4 rings (SSSR count). The van der Waals surface area contributed by atoms with Crippen molar-refractivity contribution >= 4 is 18.2 Å². The van der Waals surface area contributed by atoms with E-state index in [1.165, 1.54) is 6.08 Å². The van der Waals surface area contributed by atoms with Gasteiger partial charge in [-0.15, -0.1) is 0 Å². The van der Waals surface area contributed by atoms with E-state index in [2.05, 4.69) is 17.2 Å². The molecule has 2 aromatic rings. The first-order chi connectivity index (χ1) is 15.9. The van der Waals surface area contributed by atoms with Gasteiger partial charge in [-0.25, -0.2) is 14.4 Å². The number of fused-ring (bicyclic) bond motifs is 3. The summed E-state index contributed by atoms with van der Waals surface area (Å²) in [6.07, 6.45) is 0.474. The minimum absolute atomic E-state index is 0.0914. The second-order valence-electron chi connectivity index (χ2n) is 8.38. The highest BCUT2D eigenvalue weighted by Gasteiger charge is 2.52. The average Bonchev–Trinajstić information content (AvgIpc) is 3.11. The van der Waals surface area contributed by atoms with E-state index in [9.17, 15) is 19.5 Å². The van der Waals surface area contributed by atoms with Crippen LogP contribution >= 0.6 is 0 Å². The highest BCUT2D eigenvalue weighted by atomic mass is 16.6. The largest absolute Gasteiger partial charge is 0.480 e. The van der Waals surface area contributed by atoms with Crippen molar-refractivity contribution in [2.45, 2.75) is 24.3 Å². The molecule has 0 spiro atoms. The summed E-state index contributed by atoms with van der Waals surface area (Å²) < 4.78 is 10.3. The molecule has 0 atom stereocenters. The highest BCUT2D eigenvalue weighted by Crippen LogP contribution is 2.44. The minimum atomic E-state index is -1.40. The fourth-order valence-electron chi connectivity index (χ4n) is 4.64. The number of amides is 2. The quantitative estimate of drug-likeness (QED) is 0.529. The maximum Gasteiger partial charge on any atom is 0.408 e. The van der Waals surface area contributed by atoms with E-state index >= 15 is 0 Å². The van der Waals surface area contributed by atoms with E-state index in [0.29, 0.717) is 0 Å². The highest BCUT2D eigenvalue weighted by molar-refractivity contribution is 5.86. The monoisotopic (exact) mass is 450 g/mol. The minimum Gasteiger partial charge on any atom is -0.480 e. The molecule has 3 N–H and O–H groups in total. The van der Waals surface area contributed by atoms with Crippen LogP contribution in [0, 0.1) is 5.92 Å². The van der Waals surface area contributed by atoms with Crippen molar-refractivity contribution in [2.75, 3.05) is 19.8 Å². The predicted molar refractivity (Wildman–Crippen MR) is 121 cm³/mol. The zero-order chi connectivity index (χ0) is 23.4. The van der Waals surface area contributed by atoms with Gasteiger partial charge in [-0.05, 0) is 41.0 Å². The third-order valence-corrected chi connectivity index (χ3v) is 6.24. The molecule has 2 aromatic carbocycles. The van der Waals surface area contributed by atoms with E-state index in [0.717, 1.165) is 22.3 Å². The molecule has 0 heterocycles. The van der Waals surface area contributed by atoms with Crippen molar-refractivity contribution in [3.05, 3.63) is 72.3 Å². The molecule has 1 saturated carbocycles. The van der Waals surface area contributed by atoms with Crippen LogP contribution in [-0.4, -0.2) is 48.6 Å². The Morgan fingerprint density at radius 2 is 1.61 bits per heavy atom. The van der Waals surface area contributed by atoms with Gasteiger partial charge in [0.25, 0.3) is 0 Å². The van der Waals surface area contributed by atoms with Crippen LogP contribution in [-0.2, 0) is 14.3 Å². The Morgan fingerprint density at radius 1 is 1.00 bits per heavy atom. The molecule has 0 radical (unpaired) electrons. The van der Waals surface area contributed by atoms with E-state index < -0.39 is 23.7 Å². The van der Waals surface area contributed by atoms with Gasteiger partial charge in [-0.1, -0.05) is 61.2 Å². The fraction of sp³-hybridized carbons (Fsp3) is 0.320. The van der Waals surface area contributed by atoms with Crippen molar-refractivity contribution in [2.24, 2.45) is 5.92 Å². The summed E-state index contributed by atoms with van der Waals surface area (Å²) in [5.74, 6) is -1.32. The number of hydrogen-bond donors (Lipinski definition) is 3. The molecule has 0 bridgehead atoms. The lowest BCUT2D eigenvalue weighted by atomic mass is 9.68. The Hall–Kier alpha value is -3.81. The van der Waals surface area contributed by atoms with Gasteiger partial charge >= 0.3 is 18.2 Å². The summed E-state index contributed by atoms with van der Waals surface area (Å²) in [5, 5.41) is 14.8. The van der Waals surface area contributed by atoms with Gasteiger partial charge in [0, 0.05) is 12.5 Å². The lowest BCUT2D eigenvalue weighted by Gasteiger charge is -2.44. The van der Waals surface area contributed by atoms with Crippen molar-refractivity contribution in [1.82, 2.24) is 10.6 Å². The number of alkyl carbamates (subject to hydrolysis) is 2. The van der Waals surface area contributed by atoms with Gasteiger partial charge in [0.1, 0.15) is 18.8 Å². The second kappa shape index (κ2) is 9.36. The van der Waals surface area contributed by atoms with Crippen LogP contribution in [0.2, 0.25) is 0 Å². The first kappa shape index (κ1) is 22.4. The molecule has 33 heavy (non-hydrogen) atoms. The van der Waals surface area contributed by atoms with Crippen LogP contribution in [0.3, 0.4) is 0 Å². The van der Waals surface area contributed by atoms with E-state index in [1.54, 1.807) is 0 Å². The Labute approximate surface area is 191 Å². The Balaban J connectivity index is 1.32. The van der Waals surface area contributed by atoms with Gasteiger partial charge in [0.2, 0.25) is 0 Å². The van der Waals surface area contributed by atoms with Gasteiger partial charge in [-0.3, -0.25) is 0 Å². The van der Waals surface area contributed by atoms with Crippen molar-refractivity contribution in [3.63, 3.8) is 0 Å². The third-order valence-electron chi connectivity index (χ3n) is 6.24. The summed E-state index contributed by atoms with van der Waals surface area (Å²) in [6.45, 7) is 3.93. The number of carboxylic acid groups (broad SMARTS) is 1. The Kier molecular flexibility index (Phi) is 6.35. The number of carbonyl (C=O) groups excluding carboxylic acids is 2. The number of aliphatic carboxylic acids is 1. The van der Waals surface area contributed by atoms with Gasteiger partial charge in [0.05, 0.1) is 0 Å². The summed E-state index contributed by atoms with van der Waals surface area (Å²) >= 11 is 0. The lowest BCUT2D eigenvalue weighted by molar-refractivity contribution is -0.150. The molecular formula is C25H26N2O6. The third kappa shape index (κ3) is 4.55. The summed E-state index contributed by atoms with van der Waals surface area (Å²) in [7, 11) is 0. The van der Waals surface area contributed by atoms with Gasteiger partial charge in [-0.2, -0.15) is 0 Å². The van der Waals surface area contributed by atoms with E-state index in [-0.39, 0.29) is 44.4 Å². The molecule has 2 aliphatic rings. The van der Waals surface area contributed by atoms with Crippen LogP contribution in [0.5, 0.6) is 0 Å². The van der Waals surface area contributed by atoms with Crippen molar-refractivity contribution < 1.29 is 29.0 Å². The normalized spacial score (nSPS) is 20.5. The van der Waals surface area contributed by atoms with E-state index in [4.69, 9.17) is 9.47 Å². The van der Waals surface area contributed by atoms with Crippen LogP contribution in [0.15, 0.2) is 61.2 Å². The zero-order valence-corrected chi connectivity index (χ0v) is 18.1. The summed E-state index contributed by atoms with van der Waals surface area (Å²) in [4.78, 5) is 35.9. The molecule has 0 aromatic heterocycles. The van der Waals surface area contributed by atoms with Crippen LogP contribution in [0.4, 0.5) is 9.59 Å². The maximum absolute atomic E-state index is 12.5. The smallest absolute Gasteiger partial charge is 0.408 e. The summed E-state index contributed by atoms with van der Waals surface area (Å²) in [5.41, 5.74) is 2.99. The SMILES string of the molecule is C=CCOC(=O)NCC1CC(NC(=O)OCC2c3ccccc3-c3ccccc32)(C(=O)O)C1. The van der Waals surface area contributed by atoms with Crippen molar-refractivity contribution in [1.29, 1.82) is 0 Å². The van der Waals surface area contributed by atoms with E-state index in [1.807, 2.05) is 48.5 Å². The molecular weight excluding hydrogens is 424 g/mol. The average molecular weight is 450 g/mol. The number of hydrogen-bond acceptors (Lipinski definition) is 5. The number of nitrogens with one attached hydrogen (secondary N) is 2. The maximum atomic E-state index is 12.5. The van der Waals surface area contributed by atoms with Crippen molar-refractivity contribution in [3.8, 4) is 11.1 Å². The number of benzene rings is 2. The number of ether oxygens (including phenoxy) is 2. The summed E-state index contributed by atoms with van der Waals surface area (Å²) in [6, 6.07) is 16.0. The predicted octanol–water partition coefficient (Wildman–Crippen LogP) is 3.67. The second-order valence-corrected chi connectivity index (χ2v) is 8.38. The molecule has 8 heteroatoms. The topological polar surface area (TPSA) is 114 Å². The number of carbonyl (C=O) groups is 3. The Bertz CT molecular complexity index is 1030. The van der Waals surface area contributed by atoms with Gasteiger partial charge in [0.15, 0.2) is 0 Å². The molecule has 2 amide bonds.